The third-order valence-electron chi connectivity index (χ3n) is 16.4. The van der Waals surface area contributed by atoms with Crippen LogP contribution in [0.5, 0.6) is 23.0 Å². The van der Waals surface area contributed by atoms with Crippen LogP contribution >= 0.6 is 23.5 Å². The molecule has 4 aliphatic rings. The molecule has 0 saturated heterocycles. The maximum Gasteiger partial charge on any atom is 0.318 e. The van der Waals surface area contributed by atoms with E-state index in [2.05, 4.69) is 58.0 Å². The molecule has 5 unspecified atom stereocenters. The molecule has 3 amide bonds. The van der Waals surface area contributed by atoms with E-state index in [1.807, 2.05) is 161 Å². The number of nitrogens with one attached hydrogen (secondary N) is 7. The zero-order valence-corrected chi connectivity index (χ0v) is 66.6. The number of anilines is 8. The third-order valence-corrected chi connectivity index (χ3v) is 22.7. The summed E-state index contributed by atoms with van der Waals surface area (Å²) in [5.41, 5.74) is 13.7. The number of rotatable bonds is 7. The van der Waals surface area contributed by atoms with Gasteiger partial charge in [-0.25, -0.2) is 8.42 Å². The number of aromatic hydroxyl groups is 4. The number of aliphatic carboxylic acids is 2. The van der Waals surface area contributed by atoms with Gasteiger partial charge in [-0.1, -0.05) is 170 Å². The fourth-order valence-electron chi connectivity index (χ4n) is 11.1. The van der Waals surface area contributed by atoms with Crippen LogP contribution in [0.15, 0.2) is 189 Å². The number of benzene rings is 8. The largest absolute Gasteiger partial charge is 0.508 e. The topological polar surface area (TPSA) is 409 Å². The molecule has 0 aromatic heterocycles. The summed E-state index contributed by atoms with van der Waals surface area (Å²) in [4.78, 5) is 60.2. The number of sulfone groups is 1. The molecule has 4 aliphatic heterocycles. The summed E-state index contributed by atoms with van der Waals surface area (Å²) in [6.07, 6.45) is 0. The number of thioether (sulfide) groups is 2. The lowest BCUT2D eigenvalue weighted by molar-refractivity contribution is -0.176. The molecule has 4 heterocycles. The Labute approximate surface area is 643 Å². The highest BCUT2D eigenvalue weighted by Crippen LogP contribution is 2.40. The minimum Gasteiger partial charge on any atom is -0.508 e. The van der Waals surface area contributed by atoms with E-state index in [1.165, 1.54) is 30.0 Å². The highest BCUT2D eigenvalue weighted by molar-refractivity contribution is 8.01. The van der Waals surface area contributed by atoms with E-state index >= 15 is 0 Å². The number of carbonyl (C=O) groups excluding carboxylic acids is 3. The van der Waals surface area contributed by atoms with E-state index in [-0.39, 0.29) is 78.4 Å². The molecular formula is C80H102N8O16S4. The Morgan fingerprint density at radius 1 is 0.454 bits per heavy atom. The molecule has 12 rings (SSSR count). The normalized spacial score (nSPS) is 16.8. The van der Waals surface area contributed by atoms with Crippen molar-refractivity contribution in [1.82, 2.24) is 0 Å². The van der Waals surface area contributed by atoms with Gasteiger partial charge in [0.05, 0.1) is 32.0 Å². The molecule has 0 bridgehead atoms. The minimum atomic E-state index is -3.78. The van der Waals surface area contributed by atoms with Gasteiger partial charge in [0.2, 0.25) is 17.7 Å². The fourth-order valence-corrected chi connectivity index (χ4v) is 16.2. The second kappa shape index (κ2) is 39.2. The highest BCUT2D eigenvalue weighted by atomic mass is 32.2. The Bertz CT molecular complexity index is 4570. The lowest BCUT2D eigenvalue weighted by atomic mass is 9.86. The molecule has 0 radical (unpaired) electrons. The zero-order valence-electron chi connectivity index (χ0n) is 63.4. The van der Waals surface area contributed by atoms with Crippen molar-refractivity contribution in [3.05, 3.63) is 192 Å². The number of fused-ring (bicyclic) bond motifs is 4. The van der Waals surface area contributed by atoms with E-state index in [9.17, 15) is 52.2 Å². The number of phenols is 4. The first kappa shape index (κ1) is 88.7. The number of carboxylic acid groups (broad SMARTS) is 2. The number of nitrogens with two attached hydrogens (primary N) is 1. The molecule has 0 fully saturated rings. The van der Waals surface area contributed by atoms with Crippen molar-refractivity contribution in [2.75, 3.05) is 69.1 Å². The average molecular weight is 1560 g/mol. The number of hydrogen-bond donors (Lipinski definition) is 16. The molecule has 108 heavy (non-hydrogen) atoms. The molecule has 0 saturated carbocycles. The summed E-state index contributed by atoms with van der Waals surface area (Å²) < 4.78 is 38.1. The molecule has 8 aromatic rings. The first-order valence-electron chi connectivity index (χ1n) is 34.6. The van der Waals surface area contributed by atoms with Gasteiger partial charge in [0, 0.05) is 101 Å². The number of nitrogen functional groups attached to an aromatic ring is 1. The quantitative estimate of drug-likeness (QED) is 0.0400. The van der Waals surface area contributed by atoms with E-state index in [0.717, 1.165) is 56.0 Å². The number of carboxylic acids is 2. The maximum atomic E-state index is 12.7. The monoisotopic (exact) mass is 1560 g/mol. The van der Waals surface area contributed by atoms with E-state index in [4.69, 9.17) is 31.3 Å². The summed E-state index contributed by atoms with van der Waals surface area (Å²) in [5.74, 6) is -1.93. The highest BCUT2D eigenvalue weighted by Gasteiger charge is 2.39. The van der Waals surface area contributed by atoms with Crippen LogP contribution in [-0.4, -0.2) is 131 Å². The van der Waals surface area contributed by atoms with Crippen LogP contribution in [-0.2, 0) is 66.3 Å². The van der Waals surface area contributed by atoms with Crippen LogP contribution in [0, 0.1) is 0 Å². The lowest BCUT2D eigenvalue weighted by Gasteiger charge is -2.25. The summed E-state index contributed by atoms with van der Waals surface area (Å²) in [6, 6.07) is 50.0. The van der Waals surface area contributed by atoms with E-state index in [0.29, 0.717) is 53.0 Å². The second-order valence-electron chi connectivity index (χ2n) is 28.8. The number of hydrogen-bond acceptors (Lipinski definition) is 21. The van der Waals surface area contributed by atoms with E-state index < -0.39 is 49.0 Å². The molecule has 8 aromatic carbocycles. The SMILES string of the molecule is CC.CC(=O)O.CC(C)(C)c1ccc(N)cc1O.CC(C)(C)c1ccc(NC(=O)C2CNc3ccccc3S2(=O)=O)cc1O.CC(C)(C)c1ccc(NC(=O)C2CNc3ccccc3S2)cc1O.CC(C)(C)c1ccc(NC(=O)C2CNc3ccccc3S2=O)cc1O.O=C(O)C1CNc2ccccc2S1.OO. The van der Waals surface area contributed by atoms with Crippen LogP contribution < -0.4 is 43.0 Å². The fraction of sp³-hybridized carbons (Fsp3) is 0.338. The van der Waals surface area contributed by atoms with Crippen LogP contribution in [0.1, 0.15) is 126 Å². The van der Waals surface area contributed by atoms with Gasteiger partial charge in [-0.3, -0.25) is 38.7 Å². The summed E-state index contributed by atoms with van der Waals surface area (Å²) in [5, 5.41) is 86.7. The van der Waals surface area contributed by atoms with Gasteiger partial charge in [0.25, 0.3) is 5.97 Å². The average Bonchev–Trinajstić information content (AvgIpc) is 0.769. The van der Waals surface area contributed by atoms with Crippen molar-refractivity contribution in [1.29, 1.82) is 0 Å². The second-order valence-corrected chi connectivity index (χ2v) is 35.0. The van der Waals surface area contributed by atoms with Crippen molar-refractivity contribution in [2.45, 2.75) is 166 Å². The van der Waals surface area contributed by atoms with Crippen molar-refractivity contribution in [3.8, 4) is 23.0 Å². The third kappa shape index (κ3) is 25.1. The zero-order chi connectivity index (χ0) is 80.8. The summed E-state index contributed by atoms with van der Waals surface area (Å²) in [7, 11) is -5.20. The van der Waals surface area contributed by atoms with Gasteiger partial charge in [-0.05, 0) is 117 Å². The van der Waals surface area contributed by atoms with Gasteiger partial charge < -0.3 is 73.6 Å². The van der Waals surface area contributed by atoms with Gasteiger partial charge >= 0.3 is 5.97 Å². The predicted molar refractivity (Wildman–Crippen MR) is 435 cm³/mol. The number of amides is 3. The molecule has 24 nitrogen and oxygen atoms in total. The summed E-state index contributed by atoms with van der Waals surface area (Å²) in [6.45, 7) is 30.7. The number of carbonyl (C=O) groups is 5. The standard InChI is InChI=1S/C19H22N2O4S.C19H22N2O3S.C19H22N2O2S.C10H15NO.C9H9NO2S.C2H4O2.C2H6.H2O2/c1-19(2,3)13-9-8-12(10-15(13)22)21-18(23)17-11-20-14-6-4-5-7-16(14)26(17,24)25;1-19(2,3)13-9-8-12(10-15(13)22)21-18(23)17-11-20-14-6-4-5-7-16(14)25(17)24;1-19(2,3)13-9-8-12(10-15(13)22)21-18(23)17-11-20-14-6-4-5-7-16(14)24-17;1-10(2,3)8-5-4-7(11)6-9(8)12;11-9(12)8-5-10-6-3-1-2-4-7(6)13-8;1-2(3)4;2*1-2/h4-10,17,20,22H,11H2,1-3H3,(H,21,23);4-10,17,20,22H,11H2,1-3H3,(H,21,23);4-10,17,20,22H,11H2,1-3H3,(H,21,23);4-6,12H,11H2,1-3H3;1-4,8,10H,5H2,(H,11,12);1H3,(H,3,4);1-2H3;1-2H. The number of para-hydroxylation sites is 4. The minimum absolute atomic E-state index is 0.00274. The summed E-state index contributed by atoms with van der Waals surface area (Å²) >= 11 is 2.96. The van der Waals surface area contributed by atoms with Crippen LogP contribution in [0.3, 0.4) is 0 Å². The van der Waals surface area contributed by atoms with Gasteiger partial charge in [0.1, 0.15) is 38.7 Å². The molecular weight excluding hydrogens is 1460 g/mol. The van der Waals surface area contributed by atoms with Crippen LogP contribution in [0.4, 0.5) is 45.5 Å². The van der Waals surface area contributed by atoms with Crippen molar-refractivity contribution < 1.29 is 77.8 Å². The Balaban J connectivity index is 0.000000242. The van der Waals surface area contributed by atoms with Crippen molar-refractivity contribution in [3.63, 3.8) is 0 Å². The Hall–Kier alpha value is -9.97. The van der Waals surface area contributed by atoms with E-state index in [1.54, 1.807) is 78.5 Å². The van der Waals surface area contributed by atoms with Crippen LogP contribution in [0.25, 0.3) is 0 Å². The molecule has 5 atom stereocenters. The molecule has 28 heteroatoms. The number of phenolic OH excluding ortho intramolecular Hbond substituents is 4. The van der Waals surface area contributed by atoms with Crippen molar-refractivity contribution in [2.24, 2.45) is 0 Å². The first-order valence-corrected chi connectivity index (χ1v) is 39.1. The van der Waals surface area contributed by atoms with Gasteiger partial charge in [-0.15, -0.1) is 23.5 Å². The maximum absolute atomic E-state index is 12.7. The van der Waals surface area contributed by atoms with Crippen molar-refractivity contribution >= 4 is 119 Å². The van der Waals surface area contributed by atoms with Gasteiger partial charge in [0.15, 0.2) is 15.1 Å². The smallest absolute Gasteiger partial charge is 0.318 e. The molecule has 0 aliphatic carbocycles. The molecule has 17 N–H and O–H groups in total. The molecule has 582 valence electrons. The van der Waals surface area contributed by atoms with Crippen LogP contribution in [0.2, 0.25) is 0 Å². The Morgan fingerprint density at radius 2 is 0.796 bits per heavy atom. The van der Waals surface area contributed by atoms with Gasteiger partial charge in [-0.2, -0.15) is 0 Å². The Morgan fingerprint density at radius 3 is 1.22 bits per heavy atom. The molecule has 0 spiro atoms. The first-order chi connectivity index (χ1) is 50.6. The lowest BCUT2D eigenvalue weighted by Crippen LogP contribution is -2.43. The predicted octanol–water partition coefficient (Wildman–Crippen LogP) is 15.4. The Kier molecular flexibility index (Phi) is 32.2.